The van der Waals surface area contributed by atoms with Gasteiger partial charge in [-0.2, -0.15) is 22.7 Å². The number of hydrogen-bond acceptors (Lipinski definition) is 4. The minimum atomic E-state index is -4.99. The molecule has 0 aliphatic heterocycles. The molecule has 1 heterocycles. The van der Waals surface area contributed by atoms with Crippen LogP contribution in [0.4, 0.5) is 17.6 Å². The fourth-order valence-corrected chi connectivity index (χ4v) is 4.04. The molecule has 0 radical (unpaired) electrons. The molecular formula is C16H13F4N3O2S. The van der Waals surface area contributed by atoms with E-state index in [1.54, 1.807) is 6.07 Å². The first-order chi connectivity index (χ1) is 12.1. The maximum absolute atomic E-state index is 13.7. The highest BCUT2D eigenvalue weighted by Gasteiger charge is 2.48. The third-order valence-electron chi connectivity index (χ3n) is 3.52. The maximum Gasteiger partial charge on any atom is 0.409 e. The number of benzene rings is 1. The normalized spacial score (nSPS) is 13.4. The molecule has 0 fully saturated rings. The van der Waals surface area contributed by atoms with Crippen LogP contribution >= 0.6 is 0 Å². The lowest BCUT2D eigenvalue weighted by atomic mass is 10.1. The first-order valence-electron chi connectivity index (χ1n) is 7.30. The molecule has 2 aromatic rings. The predicted octanol–water partition coefficient (Wildman–Crippen LogP) is 3.41. The summed E-state index contributed by atoms with van der Waals surface area (Å²) in [6.07, 6.45) is -3.04. The number of rotatable bonds is 5. The predicted molar refractivity (Wildman–Crippen MR) is 83.7 cm³/mol. The van der Waals surface area contributed by atoms with Crippen molar-refractivity contribution in [1.82, 2.24) is 9.29 Å². The number of nitriles is 1. The largest absolute Gasteiger partial charge is 0.409 e. The third-order valence-corrected chi connectivity index (χ3v) is 5.43. The smallest absolute Gasteiger partial charge is 0.262 e. The van der Waals surface area contributed by atoms with Crippen molar-refractivity contribution in [3.05, 3.63) is 59.7 Å². The van der Waals surface area contributed by atoms with E-state index in [0.29, 0.717) is 6.07 Å². The van der Waals surface area contributed by atoms with Gasteiger partial charge in [-0.05, 0) is 23.8 Å². The number of sulfonamides is 1. The Morgan fingerprint density at radius 2 is 1.96 bits per heavy atom. The summed E-state index contributed by atoms with van der Waals surface area (Å²) in [5.74, 6) is -0.918. The van der Waals surface area contributed by atoms with Gasteiger partial charge in [0.05, 0.1) is 5.56 Å². The SMILES string of the molecule is CCN(C(c1cccc(F)c1)C(F)(F)F)S(=O)(=O)c1cncc(C#N)c1. The van der Waals surface area contributed by atoms with Crippen molar-refractivity contribution >= 4 is 10.0 Å². The summed E-state index contributed by atoms with van der Waals surface area (Å²) >= 11 is 0. The van der Waals surface area contributed by atoms with Gasteiger partial charge < -0.3 is 0 Å². The molecule has 0 bridgehead atoms. The zero-order valence-electron chi connectivity index (χ0n) is 13.4. The molecular weight excluding hydrogens is 374 g/mol. The molecule has 0 saturated carbocycles. The quantitative estimate of drug-likeness (QED) is 0.737. The highest BCUT2D eigenvalue weighted by molar-refractivity contribution is 7.89. The monoisotopic (exact) mass is 387 g/mol. The molecule has 2 rings (SSSR count). The lowest BCUT2D eigenvalue weighted by Crippen LogP contribution is -2.42. The summed E-state index contributed by atoms with van der Waals surface area (Å²) in [6, 6.07) is 3.70. The summed E-state index contributed by atoms with van der Waals surface area (Å²) in [7, 11) is -4.65. The minimum absolute atomic E-state index is 0.114. The molecule has 1 aromatic carbocycles. The second-order valence-corrected chi connectivity index (χ2v) is 7.12. The van der Waals surface area contributed by atoms with Crippen LogP contribution in [0.25, 0.3) is 0 Å². The van der Waals surface area contributed by atoms with Crippen molar-refractivity contribution in [3.63, 3.8) is 0 Å². The molecule has 10 heteroatoms. The zero-order chi connectivity index (χ0) is 19.5. The first-order valence-corrected chi connectivity index (χ1v) is 8.74. The van der Waals surface area contributed by atoms with E-state index in [9.17, 15) is 26.0 Å². The fourth-order valence-electron chi connectivity index (χ4n) is 2.44. The molecule has 0 N–H and O–H groups in total. The van der Waals surface area contributed by atoms with Crippen molar-refractivity contribution < 1.29 is 26.0 Å². The molecule has 1 aromatic heterocycles. The lowest BCUT2D eigenvalue weighted by molar-refractivity contribution is -0.173. The number of pyridine rings is 1. The Morgan fingerprint density at radius 3 is 2.50 bits per heavy atom. The first kappa shape index (κ1) is 19.8. The van der Waals surface area contributed by atoms with Crippen LogP contribution in [0.1, 0.15) is 24.1 Å². The highest BCUT2D eigenvalue weighted by Crippen LogP contribution is 2.40. The molecule has 0 amide bonds. The average Bonchev–Trinajstić information content (AvgIpc) is 2.58. The van der Waals surface area contributed by atoms with Crippen LogP contribution in [0, 0.1) is 17.1 Å². The molecule has 0 aliphatic carbocycles. The zero-order valence-corrected chi connectivity index (χ0v) is 14.2. The van der Waals surface area contributed by atoms with Crippen LogP contribution in [0.3, 0.4) is 0 Å². The van der Waals surface area contributed by atoms with Gasteiger partial charge in [-0.25, -0.2) is 12.8 Å². The molecule has 138 valence electrons. The number of alkyl halides is 3. The van der Waals surface area contributed by atoms with E-state index < -0.39 is 45.1 Å². The van der Waals surface area contributed by atoms with E-state index in [4.69, 9.17) is 5.26 Å². The van der Waals surface area contributed by atoms with Gasteiger partial charge in [0, 0.05) is 18.9 Å². The van der Waals surface area contributed by atoms with Crippen molar-refractivity contribution in [3.8, 4) is 6.07 Å². The van der Waals surface area contributed by atoms with Crippen LogP contribution in [-0.2, 0) is 10.0 Å². The van der Waals surface area contributed by atoms with Gasteiger partial charge in [0.25, 0.3) is 0 Å². The van der Waals surface area contributed by atoms with Gasteiger partial charge >= 0.3 is 6.18 Å². The highest BCUT2D eigenvalue weighted by atomic mass is 32.2. The average molecular weight is 387 g/mol. The van der Waals surface area contributed by atoms with Crippen LogP contribution in [0.15, 0.2) is 47.6 Å². The molecule has 0 saturated heterocycles. The Kier molecular flexibility index (Phi) is 5.63. The van der Waals surface area contributed by atoms with Crippen LogP contribution in [0.2, 0.25) is 0 Å². The molecule has 1 unspecified atom stereocenters. The van der Waals surface area contributed by atoms with E-state index in [-0.39, 0.29) is 9.87 Å². The van der Waals surface area contributed by atoms with Gasteiger partial charge in [0.15, 0.2) is 0 Å². The molecule has 0 aliphatic rings. The summed E-state index contributed by atoms with van der Waals surface area (Å²) in [4.78, 5) is 3.03. The van der Waals surface area contributed by atoms with Crippen LogP contribution in [-0.4, -0.2) is 30.4 Å². The van der Waals surface area contributed by atoms with Gasteiger partial charge in [0.2, 0.25) is 10.0 Å². The Balaban J connectivity index is 2.62. The molecule has 1 atom stereocenters. The minimum Gasteiger partial charge on any atom is -0.262 e. The summed E-state index contributed by atoms with van der Waals surface area (Å²) in [5.41, 5.74) is -0.663. The molecule has 0 spiro atoms. The summed E-state index contributed by atoms with van der Waals surface area (Å²) in [5, 5.41) is 8.85. The van der Waals surface area contributed by atoms with Crippen molar-refractivity contribution in [2.45, 2.75) is 24.0 Å². The maximum atomic E-state index is 13.7. The molecule has 5 nitrogen and oxygen atoms in total. The van der Waals surface area contributed by atoms with Gasteiger partial charge in [-0.1, -0.05) is 19.1 Å². The fraction of sp³-hybridized carbons (Fsp3) is 0.250. The van der Waals surface area contributed by atoms with Gasteiger partial charge in [-0.3, -0.25) is 4.98 Å². The third kappa shape index (κ3) is 4.00. The Morgan fingerprint density at radius 1 is 1.27 bits per heavy atom. The topological polar surface area (TPSA) is 74.1 Å². The van der Waals surface area contributed by atoms with E-state index in [1.165, 1.54) is 6.92 Å². The van der Waals surface area contributed by atoms with Crippen molar-refractivity contribution in [2.75, 3.05) is 6.54 Å². The van der Waals surface area contributed by atoms with Gasteiger partial charge in [-0.15, -0.1) is 0 Å². The standard InChI is InChI=1S/C16H13F4N3O2S/c1-2-23(26(24,25)14-6-11(8-21)9-22-10-14)15(16(18,19)20)12-4-3-5-13(17)7-12/h3-7,9-10,15H,2H2,1H3. The number of hydrogen-bond donors (Lipinski definition) is 0. The number of nitrogens with zero attached hydrogens (tertiary/aromatic N) is 3. The van der Waals surface area contributed by atoms with Crippen molar-refractivity contribution in [1.29, 1.82) is 5.26 Å². The second-order valence-electron chi connectivity index (χ2n) is 5.23. The van der Waals surface area contributed by atoms with E-state index in [1.807, 2.05) is 0 Å². The lowest BCUT2D eigenvalue weighted by Gasteiger charge is -2.31. The van der Waals surface area contributed by atoms with E-state index in [2.05, 4.69) is 4.98 Å². The van der Waals surface area contributed by atoms with E-state index >= 15 is 0 Å². The molecule has 26 heavy (non-hydrogen) atoms. The Bertz CT molecular complexity index is 939. The van der Waals surface area contributed by atoms with Gasteiger partial charge in [0.1, 0.15) is 22.8 Å². The van der Waals surface area contributed by atoms with E-state index in [0.717, 1.165) is 36.7 Å². The van der Waals surface area contributed by atoms with Crippen LogP contribution in [0.5, 0.6) is 0 Å². The summed E-state index contributed by atoms with van der Waals surface area (Å²) < 4.78 is 80.2. The summed E-state index contributed by atoms with van der Waals surface area (Å²) in [6.45, 7) is 0.705. The second kappa shape index (κ2) is 7.39. The van der Waals surface area contributed by atoms with Crippen molar-refractivity contribution in [2.24, 2.45) is 0 Å². The Labute approximate surface area is 147 Å². The number of aromatic nitrogens is 1. The Hall–Kier alpha value is -2.51. The number of halogens is 4. The van der Waals surface area contributed by atoms with Crippen LogP contribution < -0.4 is 0 Å².